The molecule has 19 heavy (non-hydrogen) atoms. The topological polar surface area (TPSA) is 74.0 Å². The van der Waals surface area contributed by atoms with E-state index in [1.807, 2.05) is 13.0 Å². The highest BCUT2D eigenvalue weighted by Crippen LogP contribution is 2.27. The first-order valence-corrected chi connectivity index (χ1v) is 7.15. The van der Waals surface area contributed by atoms with Gasteiger partial charge in [0.15, 0.2) is 0 Å². The van der Waals surface area contributed by atoms with Crippen molar-refractivity contribution in [2.24, 2.45) is 5.92 Å². The molecule has 1 atom stereocenters. The van der Waals surface area contributed by atoms with Gasteiger partial charge in [0, 0.05) is 5.69 Å². The second kappa shape index (κ2) is 7.15. The van der Waals surface area contributed by atoms with Crippen molar-refractivity contribution in [3.63, 3.8) is 0 Å². The van der Waals surface area contributed by atoms with E-state index in [1.54, 1.807) is 6.07 Å². The van der Waals surface area contributed by atoms with Crippen LogP contribution in [0.5, 0.6) is 0 Å². The number of carbonyl (C=O) groups is 1. The molecule has 5 heteroatoms. The molecule has 0 bridgehead atoms. The van der Waals surface area contributed by atoms with Crippen molar-refractivity contribution in [3.8, 4) is 6.07 Å². The fraction of sp³-hybridized carbons (Fsp3) is 0.500. The fourth-order valence-corrected chi connectivity index (χ4v) is 2.58. The Morgan fingerprint density at radius 3 is 2.68 bits per heavy atom. The van der Waals surface area contributed by atoms with E-state index >= 15 is 0 Å². The summed E-state index contributed by atoms with van der Waals surface area (Å²) >= 11 is 1.16. The SMILES string of the molecule is CCC(Sc1nc(CC(C)C)ccc1C#N)C(=O)O. The van der Waals surface area contributed by atoms with E-state index in [9.17, 15) is 4.79 Å². The van der Waals surface area contributed by atoms with Crippen LogP contribution in [0.25, 0.3) is 0 Å². The summed E-state index contributed by atoms with van der Waals surface area (Å²) in [7, 11) is 0. The van der Waals surface area contributed by atoms with Gasteiger partial charge < -0.3 is 5.11 Å². The standard InChI is InChI=1S/C14H18N2O2S/c1-4-12(14(17)18)19-13-10(8-15)5-6-11(16-13)7-9(2)3/h5-6,9,12H,4,7H2,1-3H3,(H,17,18). The maximum atomic E-state index is 11.1. The average molecular weight is 278 g/mol. The van der Waals surface area contributed by atoms with Gasteiger partial charge in [0.2, 0.25) is 0 Å². The van der Waals surface area contributed by atoms with E-state index < -0.39 is 11.2 Å². The molecule has 1 unspecified atom stereocenters. The van der Waals surface area contributed by atoms with Gasteiger partial charge in [-0.2, -0.15) is 5.26 Å². The molecular weight excluding hydrogens is 260 g/mol. The number of nitrogens with zero attached hydrogens (tertiary/aromatic N) is 2. The highest BCUT2D eigenvalue weighted by atomic mass is 32.2. The molecule has 0 saturated heterocycles. The molecule has 0 radical (unpaired) electrons. The zero-order valence-electron chi connectivity index (χ0n) is 11.4. The third kappa shape index (κ3) is 4.56. The monoisotopic (exact) mass is 278 g/mol. The van der Waals surface area contributed by atoms with Crippen molar-refractivity contribution in [1.29, 1.82) is 5.26 Å². The van der Waals surface area contributed by atoms with Gasteiger partial charge in [0.05, 0.1) is 5.56 Å². The lowest BCUT2D eigenvalue weighted by Gasteiger charge is -2.11. The number of pyridine rings is 1. The van der Waals surface area contributed by atoms with Crippen LogP contribution in [0.4, 0.5) is 0 Å². The summed E-state index contributed by atoms with van der Waals surface area (Å²) in [4.78, 5) is 15.5. The minimum Gasteiger partial charge on any atom is -0.480 e. The number of carboxylic acid groups (broad SMARTS) is 1. The molecule has 0 spiro atoms. The number of aromatic nitrogens is 1. The van der Waals surface area contributed by atoms with Gasteiger partial charge in [0.25, 0.3) is 0 Å². The number of rotatable bonds is 6. The number of carboxylic acids is 1. The van der Waals surface area contributed by atoms with Gasteiger partial charge in [-0.15, -0.1) is 0 Å². The Balaban J connectivity index is 3.02. The Bertz CT molecular complexity index is 495. The highest BCUT2D eigenvalue weighted by Gasteiger charge is 2.19. The molecule has 0 fully saturated rings. The minimum absolute atomic E-state index is 0.442. The average Bonchev–Trinajstić information content (AvgIpc) is 2.35. The molecule has 0 amide bonds. The van der Waals surface area contributed by atoms with Crippen LogP contribution in [0.15, 0.2) is 17.2 Å². The maximum absolute atomic E-state index is 11.1. The molecule has 1 N–H and O–H groups in total. The van der Waals surface area contributed by atoms with Gasteiger partial charge in [-0.05, 0) is 30.9 Å². The van der Waals surface area contributed by atoms with Gasteiger partial charge in [-0.25, -0.2) is 4.98 Å². The third-order valence-corrected chi connectivity index (χ3v) is 3.91. The van der Waals surface area contributed by atoms with Gasteiger partial charge >= 0.3 is 5.97 Å². The summed E-state index contributed by atoms with van der Waals surface area (Å²) in [6, 6.07) is 5.63. The quantitative estimate of drug-likeness (QED) is 0.809. The Hall–Kier alpha value is -1.54. The summed E-state index contributed by atoms with van der Waals surface area (Å²) in [6.07, 6.45) is 1.32. The van der Waals surface area contributed by atoms with Crippen LogP contribution in [0.3, 0.4) is 0 Å². The fourth-order valence-electron chi connectivity index (χ4n) is 1.63. The first-order chi connectivity index (χ1) is 8.97. The van der Waals surface area contributed by atoms with Gasteiger partial charge in [0.1, 0.15) is 16.3 Å². The molecule has 0 aliphatic heterocycles. The molecule has 0 aliphatic carbocycles. The van der Waals surface area contributed by atoms with E-state index in [0.717, 1.165) is 23.9 Å². The van der Waals surface area contributed by atoms with Crippen molar-refractivity contribution < 1.29 is 9.90 Å². The molecule has 102 valence electrons. The van der Waals surface area contributed by atoms with Crippen molar-refractivity contribution >= 4 is 17.7 Å². The molecule has 0 aliphatic rings. The van der Waals surface area contributed by atoms with Crippen molar-refractivity contribution in [1.82, 2.24) is 4.98 Å². The highest BCUT2D eigenvalue weighted by molar-refractivity contribution is 8.00. The van der Waals surface area contributed by atoms with E-state index in [1.165, 1.54) is 0 Å². The number of aliphatic carboxylic acids is 1. The lowest BCUT2D eigenvalue weighted by atomic mass is 10.1. The minimum atomic E-state index is -0.868. The Kier molecular flexibility index (Phi) is 5.84. The molecule has 4 nitrogen and oxygen atoms in total. The Morgan fingerprint density at radius 2 is 2.21 bits per heavy atom. The Morgan fingerprint density at radius 1 is 1.53 bits per heavy atom. The van der Waals surface area contributed by atoms with Crippen LogP contribution in [-0.2, 0) is 11.2 Å². The summed E-state index contributed by atoms with van der Waals surface area (Å²) in [5.74, 6) is -0.396. The van der Waals surface area contributed by atoms with Crippen LogP contribution >= 0.6 is 11.8 Å². The largest absolute Gasteiger partial charge is 0.480 e. The molecule has 1 heterocycles. The van der Waals surface area contributed by atoms with Gasteiger partial charge in [-0.3, -0.25) is 4.79 Å². The maximum Gasteiger partial charge on any atom is 0.317 e. The summed E-state index contributed by atoms with van der Waals surface area (Å²) < 4.78 is 0. The van der Waals surface area contributed by atoms with E-state index in [0.29, 0.717) is 22.9 Å². The molecule has 0 aromatic carbocycles. The second-order valence-corrected chi connectivity index (χ2v) is 5.91. The first kappa shape index (κ1) is 15.5. The normalized spacial score (nSPS) is 12.2. The van der Waals surface area contributed by atoms with Crippen LogP contribution in [0, 0.1) is 17.2 Å². The predicted molar refractivity (Wildman–Crippen MR) is 75.1 cm³/mol. The van der Waals surface area contributed by atoms with E-state index in [-0.39, 0.29) is 0 Å². The Labute approximate surface area is 117 Å². The predicted octanol–water partition coefficient (Wildman–Crippen LogP) is 3.11. The summed E-state index contributed by atoms with van der Waals surface area (Å²) in [5.41, 5.74) is 1.34. The molecule has 1 rings (SSSR count). The smallest absolute Gasteiger partial charge is 0.317 e. The third-order valence-electron chi connectivity index (χ3n) is 2.56. The number of nitriles is 1. The lowest BCUT2D eigenvalue weighted by Crippen LogP contribution is -2.15. The van der Waals surface area contributed by atoms with Crippen LogP contribution in [-0.4, -0.2) is 21.3 Å². The molecule has 0 saturated carbocycles. The summed E-state index contributed by atoms with van der Waals surface area (Å²) in [6.45, 7) is 6.01. The summed E-state index contributed by atoms with van der Waals surface area (Å²) in [5, 5.41) is 18.1. The molecule has 1 aromatic rings. The van der Waals surface area contributed by atoms with Crippen LogP contribution in [0.2, 0.25) is 0 Å². The molecule has 1 aromatic heterocycles. The van der Waals surface area contributed by atoms with E-state index in [4.69, 9.17) is 10.4 Å². The zero-order valence-corrected chi connectivity index (χ0v) is 12.2. The first-order valence-electron chi connectivity index (χ1n) is 6.27. The van der Waals surface area contributed by atoms with Crippen LogP contribution < -0.4 is 0 Å². The van der Waals surface area contributed by atoms with E-state index in [2.05, 4.69) is 24.9 Å². The number of hydrogen-bond acceptors (Lipinski definition) is 4. The van der Waals surface area contributed by atoms with Crippen molar-refractivity contribution in [2.45, 2.75) is 43.9 Å². The second-order valence-electron chi connectivity index (χ2n) is 4.72. The van der Waals surface area contributed by atoms with Crippen molar-refractivity contribution in [2.75, 3.05) is 0 Å². The van der Waals surface area contributed by atoms with Gasteiger partial charge in [-0.1, -0.05) is 32.5 Å². The number of hydrogen-bond donors (Lipinski definition) is 1. The molecular formula is C14H18N2O2S. The zero-order chi connectivity index (χ0) is 14.4. The van der Waals surface area contributed by atoms with Crippen molar-refractivity contribution in [3.05, 3.63) is 23.4 Å². The lowest BCUT2D eigenvalue weighted by molar-refractivity contribution is -0.136. The van der Waals surface area contributed by atoms with Crippen LogP contribution in [0.1, 0.15) is 38.4 Å². The number of thioether (sulfide) groups is 1.